The topological polar surface area (TPSA) is 41.5 Å². The van der Waals surface area contributed by atoms with Gasteiger partial charge in [0.2, 0.25) is 0 Å². The number of aliphatic hydroxyl groups is 1. The lowest BCUT2D eigenvalue weighted by Crippen LogP contribution is -2.41. The highest BCUT2D eigenvalue weighted by molar-refractivity contribution is 5.39. The van der Waals surface area contributed by atoms with Gasteiger partial charge in [-0.2, -0.15) is 0 Å². The second-order valence-electron chi connectivity index (χ2n) is 5.38. The van der Waals surface area contributed by atoms with Gasteiger partial charge in [0.1, 0.15) is 5.75 Å². The van der Waals surface area contributed by atoms with E-state index in [2.05, 4.69) is 23.5 Å². The van der Waals surface area contributed by atoms with Crippen molar-refractivity contribution >= 4 is 0 Å². The van der Waals surface area contributed by atoms with E-state index in [-0.39, 0.29) is 12.1 Å². The predicted molar refractivity (Wildman–Crippen MR) is 70.7 cm³/mol. The van der Waals surface area contributed by atoms with Gasteiger partial charge in [0.15, 0.2) is 0 Å². The molecule has 3 nitrogen and oxygen atoms in total. The van der Waals surface area contributed by atoms with Gasteiger partial charge in [0, 0.05) is 19.0 Å². The summed E-state index contributed by atoms with van der Waals surface area (Å²) in [6.07, 6.45) is 5.28. The summed E-state index contributed by atoms with van der Waals surface area (Å²) in [5, 5.41) is 13.4. The number of benzene rings is 1. The molecule has 0 saturated heterocycles. The summed E-state index contributed by atoms with van der Waals surface area (Å²) in [4.78, 5) is 0. The fourth-order valence-electron chi connectivity index (χ4n) is 2.95. The van der Waals surface area contributed by atoms with Crippen molar-refractivity contribution in [2.45, 2.75) is 50.8 Å². The summed E-state index contributed by atoms with van der Waals surface area (Å²) in [6, 6.07) is 6.68. The zero-order valence-electron chi connectivity index (χ0n) is 10.7. The molecule has 2 aliphatic rings. The van der Waals surface area contributed by atoms with Crippen molar-refractivity contribution in [2.75, 3.05) is 6.61 Å². The normalized spacial score (nSPS) is 26.7. The lowest BCUT2D eigenvalue weighted by Gasteiger charge is -2.28. The summed E-state index contributed by atoms with van der Waals surface area (Å²) in [7, 11) is 0. The Morgan fingerprint density at radius 3 is 3.06 bits per heavy atom. The highest BCUT2D eigenvalue weighted by Gasteiger charge is 2.22. The summed E-state index contributed by atoms with van der Waals surface area (Å²) >= 11 is 0. The van der Waals surface area contributed by atoms with Crippen LogP contribution in [-0.2, 0) is 13.0 Å². The standard InChI is InChI=1S/C15H21NO2/c17-14-4-2-1-3-13(14)16-10-11-5-6-15-12(9-11)7-8-18-15/h5-6,9,13-14,16-17H,1-4,7-8,10H2/t13-,14-/m1/s1. The molecule has 1 aromatic carbocycles. The van der Waals surface area contributed by atoms with E-state index in [9.17, 15) is 5.11 Å². The van der Waals surface area contributed by atoms with Crippen LogP contribution in [0.2, 0.25) is 0 Å². The third kappa shape index (κ3) is 2.52. The van der Waals surface area contributed by atoms with E-state index in [1.165, 1.54) is 17.5 Å². The molecule has 0 bridgehead atoms. The molecule has 0 amide bonds. The van der Waals surface area contributed by atoms with Gasteiger partial charge in [0.05, 0.1) is 12.7 Å². The number of nitrogens with one attached hydrogen (secondary N) is 1. The lowest BCUT2D eigenvalue weighted by molar-refractivity contribution is 0.0902. The van der Waals surface area contributed by atoms with Crippen LogP contribution < -0.4 is 10.1 Å². The van der Waals surface area contributed by atoms with Gasteiger partial charge in [-0.3, -0.25) is 0 Å². The molecule has 2 N–H and O–H groups in total. The van der Waals surface area contributed by atoms with E-state index in [0.29, 0.717) is 0 Å². The van der Waals surface area contributed by atoms with Gasteiger partial charge < -0.3 is 15.2 Å². The minimum absolute atomic E-state index is 0.170. The number of ether oxygens (including phenoxy) is 1. The Morgan fingerprint density at radius 2 is 2.17 bits per heavy atom. The van der Waals surface area contributed by atoms with Crippen molar-refractivity contribution in [2.24, 2.45) is 0 Å². The van der Waals surface area contributed by atoms with Crippen molar-refractivity contribution < 1.29 is 9.84 Å². The monoisotopic (exact) mass is 247 g/mol. The van der Waals surface area contributed by atoms with E-state index in [1.807, 2.05) is 0 Å². The molecule has 1 aromatic rings. The third-order valence-electron chi connectivity index (χ3n) is 4.05. The van der Waals surface area contributed by atoms with Gasteiger partial charge >= 0.3 is 0 Å². The molecular weight excluding hydrogens is 226 g/mol. The van der Waals surface area contributed by atoms with Gasteiger partial charge in [-0.05, 0) is 30.0 Å². The third-order valence-corrected chi connectivity index (χ3v) is 4.05. The molecule has 98 valence electrons. The zero-order valence-corrected chi connectivity index (χ0v) is 10.7. The van der Waals surface area contributed by atoms with Crippen molar-refractivity contribution in [1.29, 1.82) is 0 Å². The van der Waals surface area contributed by atoms with Crippen LogP contribution in [0.1, 0.15) is 36.8 Å². The molecule has 1 fully saturated rings. The van der Waals surface area contributed by atoms with Crippen molar-refractivity contribution in [3.8, 4) is 5.75 Å². The van der Waals surface area contributed by atoms with E-state index < -0.39 is 0 Å². The maximum absolute atomic E-state index is 9.92. The second kappa shape index (κ2) is 5.29. The number of rotatable bonds is 3. The molecule has 3 rings (SSSR count). The smallest absolute Gasteiger partial charge is 0.122 e. The minimum atomic E-state index is -0.170. The Bertz CT molecular complexity index is 419. The van der Waals surface area contributed by atoms with E-state index >= 15 is 0 Å². The molecule has 2 atom stereocenters. The molecule has 1 saturated carbocycles. The van der Waals surface area contributed by atoms with Crippen LogP contribution in [0.25, 0.3) is 0 Å². The van der Waals surface area contributed by atoms with Crippen LogP contribution in [0.5, 0.6) is 5.75 Å². The van der Waals surface area contributed by atoms with Crippen LogP contribution in [0.3, 0.4) is 0 Å². The van der Waals surface area contributed by atoms with Gasteiger partial charge in [-0.1, -0.05) is 25.0 Å². The first-order chi connectivity index (χ1) is 8.83. The highest BCUT2D eigenvalue weighted by atomic mass is 16.5. The maximum Gasteiger partial charge on any atom is 0.122 e. The molecular formula is C15H21NO2. The molecule has 18 heavy (non-hydrogen) atoms. The van der Waals surface area contributed by atoms with Crippen LogP contribution in [-0.4, -0.2) is 23.9 Å². The summed E-state index contributed by atoms with van der Waals surface area (Å²) < 4.78 is 5.50. The van der Waals surface area contributed by atoms with E-state index in [1.54, 1.807) is 0 Å². The first-order valence-electron chi connectivity index (χ1n) is 6.99. The van der Waals surface area contributed by atoms with Crippen LogP contribution in [0.15, 0.2) is 18.2 Å². The molecule has 0 radical (unpaired) electrons. The van der Waals surface area contributed by atoms with Crippen molar-refractivity contribution in [3.05, 3.63) is 29.3 Å². The minimum Gasteiger partial charge on any atom is -0.493 e. The lowest BCUT2D eigenvalue weighted by atomic mass is 9.92. The largest absolute Gasteiger partial charge is 0.493 e. The van der Waals surface area contributed by atoms with Gasteiger partial charge in [0.25, 0.3) is 0 Å². The molecule has 1 aliphatic heterocycles. The number of hydrogen-bond donors (Lipinski definition) is 2. The quantitative estimate of drug-likeness (QED) is 0.858. The number of fused-ring (bicyclic) bond motifs is 1. The van der Waals surface area contributed by atoms with Gasteiger partial charge in [-0.25, -0.2) is 0 Å². The molecule has 0 unspecified atom stereocenters. The van der Waals surface area contributed by atoms with Crippen molar-refractivity contribution in [1.82, 2.24) is 5.32 Å². The Morgan fingerprint density at radius 1 is 1.28 bits per heavy atom. The average molecular weight is 247 g/mol. The molecule has 0 aromatic heterocycles. The first-order valence-corrected chi connectivity index (χ1v) is 6.99. The molecule has 3 heteroatoms. The Kier molecular flexibility index (Phi) is 3.52. The van der Waals surface area contributed by atoms with Crippen molar-refractivity contribution in [3.63, 3.8) is 0 Å². The number of aliphatic hydroxyl groups excluding tert-OH is 1. The van der Waals surface area contributed by atoms with Crippen LogP contribution in [0, 0.1) is 0 Å². The summed E-state index contributed by atoms with van der Waals surface area (Å²) in [5.74, 6) is 1.04. The summed E-state index contributed by atoms with van der Waals surface area (Å²) in [6.45, 7) is 1.66. The molecule has 0 spiro atoms. The average Bonchev–Trinajstić information content (AvgIpc) is 2.85. The Hall–Kier alpha value is -1.06. The Balaban J connectivity index is 1.59. The van der Waals surface area contributed by atoms with Crippen LogP contribution >= 0.6 is 0 Å². The van der Waals surface area contributed by atoms with E-state index in [0.717, 1.165) is 44.6 Å². The second-order valence-corrected chi connectivity index (χ2v) is 5.38. The maximum atomic E-state index is 9.92. The first kappa shape index (κ1) is 12.0. The van der Waals surface area contributed by atoms with Crippen LogP contribution in [0.4, 0.5) is 0 Å². The zero-order chi connectivity index (χ0) is 12.4. The predicted octanol–water partition coefficient (Wildman–Crippen LogP) is 2.01. The fraction of sp³-hybridized carbons (Fsp3) is 0.600. The fourth-order valence-corrected chi connectivity index (χ4v) is 2.95. The SMILES string of the molecule is O[C@@H]1CCCC[C@H]1NCc1ccc2c(c1)CCO2. The Labute approximate surface area is 108 Å². The highest BCUT2D eigenvalue weighted by Crippen LogP contribution is 2.26. The molecule has 1 heterocycles. The number of hydrogen-bond acceptors (Lipinski definition) is 3. The van der Waals surface area contributed by atoms with E-state index in [4.69, 9.17) is 4.74 Å². The van der Waals surface area contributed by atoms with Gasteiger partial charge in [-0.15, -0.1) is 0 Å². The summed E-state index contributed by atoms with van der Waals surface area (Å²) in [5.41, 5.74) is 2.61. The molecule has 1 aliphatic carbocycles.